The molecule has 1 amide bonds. The lowest BCUT2D eigenvalue weighted by Gasteiger charge is -2.22. The Morgan fingerprint density at radius 1 is 0.357 bits per heavy atom. The third-order valence-electron chi connectivity index (χ3n) is 12.6. The molecule has 0 aliphatic rings. The van der Waals surface area contributed by atoms with Gasteiger partial charge in [0.05, 0.1) is 18.8 Å². The summed E-state index contributed by atoms with van der Waals surface area (Å²) in [7, 11) is 0. The second kappa shape index (κ2) is 48.8. The number of aliphatic hydroxyl groups excluding tert-OH is 2. The average molecular weight is 792 g/mol. The van der Waals surface area contributed by atoms with Gasteiger partial charge in [-0.1, -0.05) is 290 Å². The summed E-state index contributed by atoms with van der Waals surface area (Å²) >= 11 is 0. The number of hydrogen-bond donors (Lipinski definition) is 3. The van der Waals surface area contributed by atoms with Gasteiger partial charge in [-0.05, 0) is 12.8 Å². The zero-order valence-electron chi connectivity index (χ0n) is 38.7. The molecule has 0 aromatic heterocycles. The van der Waals surface area contributed by atoms with Crippen LogP contribution >= 0.6 is 0 Å². The van der Waals surface area contributed by atoms with Gasteiger partial charge < -0.3 is 15.5 Å². The zero-order chi connectivity index (χ0) is 40.7. The Kier molecular flexibility index (Phi) is 48.2. The number of aliphatic hydroxyl groups is 2. The van der Waals surface area contributed by atoms with Crippen LogP contribution in [0, 0.1) is 0 Å². The molecule has 4 heteroatoms. The predicted molar refractivity (Wildman–Crippen MR) is 249 cm³/mol. The first-order valence-electron chi connectivity index (χ1n) is 26.2. The molecule has 0 saturated carbocycles. The largest absolute Gasteiger partial charge is 0.394 e. The van der Waals surface area contributed by atoms with Crippen molar-refractivity contribution >= 4 is 5.91 Å². The highest BCUT2D eigenvalue weighted by Crippen LogP contribution is 2.18. The van der Waals surface area contributed by atoms with E-state index in [1.54, 1.807) is 0 Å². The van der Waals surface area contributed by atoms with Crippen molar-refractivity contribution in [2.24, 2.45) is 0 Å². The number of hydrogen-bond acceptors (Lipinski definition) is 3. The molecular formula is C52H105NO3. The highest BCUT2D eigenvalue weighted by molar-refractivity contribution is 5.76. The van der Waals surface area contributed by atoms with Crippen molar-refractivity contribution < 1.29 is 15.0 Å². The summed E-state index contributed by atoms with van der Waals surface area (Å²) in [5.74, 6) is -0.0238. The Morgan fingerprint density at radius 2 is 0.571 bits per heavy atom. The quantitative estimate of drug-likeness (QED) is 0.0538. The monoisotopic (exact) mass is 792 g/mol. The van der Waals surface area contributed by atoms with Crippen LogP contribution in [0.1, 0.15) is 309 Å². The van der Waals surface area contributed by atoms with Gasteiger partial charge in [0.15, 0.2) is 0 Å². The maximum Gasteiger partial charge on any atom is 0.220 e. The Morgan fingerprint density at radius 3 is 0.804 bits per heavy atom. The van der Waals surface area contributed by atoms with Crippen molar-refractivity contribution in [2.45, 2.75) is 321 Å². The Bertz CT molecular complexity index is 729. The zero-order valence-corrected chi connectivity index (χ0v) is 38.7. The summed E-state index contributed by atoms with van der Waals surface area (Å²) in [6, 6.07) is -0.530. The van der Waals surface area contributed by atoms with Crippen LogP contribution in [-0.4, -0.2) is 34.9 Å². The van der Waals surface area contributed by atoms with E-state index in [2.05, 4.69) is 19.2 Å². The summed E-state index contributed by atoms with van der Waals surface area (Å²) < 4.78 is 0. The number of nitrogens with one attached hydrogen (secondary N) is 1. The molecule has 3 N–H and O–H groups in total. The lowest BCUT2D eigenvalue weighted by Crippen LogP contribution is -2.45. The minimum absolute atomic E-state index is 0.0238. The molecule has 0 rings (SSSR count). The Balaban J connectivity index is 3.37. The SMILES string of the molecule is CCCCCCCCCCCCCCCCCCCCCCCCCCCCCCCCC(=O)N[C@@H](CO)[C@H](O)CCCCCCCCCCCCCCCC. The normalized spacial score (nSPS) is 12.7. The summed E-state index contributed by atoms with van der Waals surface area (Å²) in [5.41, 5.74) is 0. The summed E-state index contributed by atoms with van der Waals surface area (Å²) in [6.45, 7) is 4.39. The van der Waals surface area contributed by atoms with Gasteiger partial charge in [-0.15, -0.1) is 0 Å². The number of carbonyl (C=O) groups excluding carboxylic acids is 1. The van der Waals surface area contributed by atoms with Crippen molar-refractivity contribution in [3.8, 4) is 0 Å². The Labute approximate surface area is 353 Å². The highest BCUT2D eigenvalue weighted by atomic mass is 16.3. The third-order valence-corrected chi connectivity index (χ3v) is 12.6. The van der Waals surface area contributed by atoms with E-state index in [1.807, 2.05) is 0 Å². The van der Waals surface area contributed by atoms with Crippen LogP contribution in [0.2, 0.25) is 0 Å². The molecule has 336 valence electrons. The van der Waals surface area contributed by atoms with Crippen LogP contribution in [-0.2, 0) is 4.79 Å². The van der Waals surface area contributed by atoms with E-state index in [0.29, 0.717) is 12.8 Å². The van der Waals surface area contributed by atoms with Gasteiger partial charge in [0.2, 0.25) is 5.91 Å². The van der Waals surface area contributed by atoms with Crippen LogP contribution in [0.4, 0.5) is 0 Å². The van der Waals surface area contributed by atoms with E-state index in [1.165, 1.54) is 257 Å². The Hall–Kier alpha value is -0.610. The van der Waals surface area contributed by atoms with Gasteiger partial charge in [-0.25, -0.2) is 0 Å². The maximum absolute atomic E-state index is 12.4. The van der Waals surface area contributed by atoms with Gasteiger partial charge in [0.25, 0.3) is 0 Å². The predicted octanol–water partition coefficient (Wildman–Crippen LogP) is 16.8. The van der Waals surface area contributed by atoms with Crippen LogP contribution < -0.4 is 5.32 Å². The van der Waals surface area contributed by atoms with Crippen molar-refractivity contribution in [1.82, 2.24) is 5.32 Å². The lowest BCUT2D eigenvalue weighted by atomic mass is 10.0. The molecule has 0 aliphatic heterocycles. The number of amides is 1. The van der Waals surface area contributed by atoms with Crippen molar-refractivity contribution in [3.05, 3.63) is 0 Å². The molecule has 0 fully saturated rings. The van der Waals surface area contributed by atoms with Gasteiger partial charge in [0.1, 0.15) is 0 Å². The molecule has 0 aliphatic carbocycles. The summed E-state index contributed by atoms with van der Waals surface area (Å²) in [4.78, 5) is 12.4. The second-order valence-electron chi connectivity index (χ2n) is 18.3. The molecule has 0 heterocycles. The second-order valence-corrected chi connectivity index (χ2v) is 18.3. The van der Waals surface area contributed by atoms with E-state index in [9.17, 15) is 15.0 Å². The average Bonchev–Trinajstić information content (AvgIpc) is 3.20. The molecule has 0 bridgehead atoms. The van der Waals surface area contributed by atoms with E-state index in [0.717, 1.165) is 25.7 Å². The van der Waals surface area contributed by atoms with E-state index >= 15 is 0 Å². The highest BCUT2D eigenvalue weighted by Gasteiger charge is 2.20. The molecule has 0 aromatic rings. The van der Waals surface area contributed by atoms with Gasteiger partial charge in [-0.2, -0.15) is 0 Å². The van der Waals surface area contributed by atoms with Crippen LogP contribution in [0.15, 0.2) is 0 Å². The maximum atomic E-state index is 12.4. The first-order chi connectivity index (χ1) is 27.7. The third kappa shape index (κ3) is 44.5. The molecule has 0 aromatic carbocycles. The van der Waals surface area contributed by atoms with Gasteiger partial charge in [0, 0.05) is 6.42 Å². The number of unbranched alkanes of at least 4 members (excludes halogenated alkanes) is 42. The molecule has 4 nitrogen and oxygen atoms in total. The number of carbonyl (C=O) groups is 1. The minimum Gasteiger partial charge on any atom is -0.394 e. The standard InChI is InChI=1S/C52H105NO3/c1-3-5-7-9-11-13-15-17-19-20-21-22-23-24-25-26-27-28-29-30-31-32-33-34-36-38-40-42-44-46-48-52(56)53-50(49-54)51(55)47-45-43-41-39-37-35-18-16-14-12-10-8-6-4-2/h50-51,54-55H,3-49H2,1-2H3,(H,53,56)/t50-,51+/m0/s1. The molecule has 0 spiro atoms. The van der Waals surface area contributed by atoms with Crippen molar-refractivity contribution in [1.29, 1.82) is 0 Å². The van der Waals surface area contributed by atoms with E-state index < -0.39 is 12.1 Å². The van der Waals surface area contributed by atoms with Gasteiger partial charge >= 0.3 is 0 Å². The fourth-order valence-corrected chi connectivity index (χ4v) is 8.60. The molecule has 0 saturated heterocycles. The molecule has 56 heavy (non-hydrogen) atoms. The smallest absolute Gasteiger partial charge is 0.220 e. The minimum atomic E-state index is -0.653. The van der Waals surface area contributed by atoms with Gasteiger partial charge in [-0.3, -0.25) is 4.79 Å². The van der Waals surface area contributed by atoms with E-state index in [4.69, 9.17) is 0 Å². The fourth-order valence-electron chi connectivity index (χ4n) is 8.60. The topological polar surface area (TPSA) is 69.6 Å². The van der Waals surface area contributed by atoms with Crippen molar-refractivity contribution in [3.63, 3.8) is 0 Å². The van der Waals surface area contributed by atoms with Crippen LogP contribution in [0.5, 0.6) is 0 Å². The molecule has 0 radical (unpaired) electrons. The first kappa shape index (κ1) is 55.4. The lowest BCUT2D eigenvalue weighted by molar-refractivity contribution is -0.123. The molecule has 0 unspecified atom stereocenters. The fraction of sp³-hybridized carbons (Fsp3) is 0.981. The van der Waals surface area contributed by atoms with Crippen LogP contribution in [0.3, 0.4) is 0 Å². The van der Waals surface area contributed by atoms with Crippen molar-refractivity contribution in [2.75, 3.05) is 6.61 Å². The summed E-state index contributed by atoms with van der Waals surface area (Å²) in [6.07, 6.45) is 60.8. The molecular weight excluding hydrogens is 687 g/mol. The van der Waals surface area contributed by atoms with Crippen LogP contribution in [0.25, 0.3) is 0 Å². The number of rotatable bonds is 49. The first-order valence-corrected chi connectivity index (χ1v) is 26.2. The van der Waals surface area contributed by atoms with E-state index in [-0.39, 0.29) is 12.5 Å². The summed E-state index contributed by atoms with van der Waals surface area (Å²) in [5, 5.41) is 23.2. The molecule has 2 atom stereocenters.